The first-order valence-electron chi connectivity index (χ1n) is 11.0. The molecule has 0 aliphatic carbocycles. The topological polar surface area (TPSA) is 51.6 Å². The number of anilines is 2. The first kappa shape index (κ1) is 21.0. The van der Waals surface area contributed by atoms with Crippen LogP contribution in [0.15, 0.2) is 54.6 Å². The van der Waals surface area contributed by atoms with Crippen molar-refractivity contribution in [1.29, 1.82) is 0 Å². The molecule has 1 aliphatic heterocycles. The summed E-state index contributed by atoms with van der Waals surface area (Å²) in [4.78, 5) is 9.55. The highest BCUT2D eigenvalue weighted by molar-refractivity contribution is 6.31. The molecule has 1 aliphatic rings. The van der Waals surface area contributed by atoms with Crippen LogP contribution in [-0.4, -0.2) is 53.1 Å². The normalized spacial score (nSPS) is 15.5. The van der Waals surface area contributed by atoms with Gasteiger partial charge in [0.15, 0.2) is 0 Å². The molecule has 5 nitrogen and oxygen atoms in total. The maximum atomic E-state index is 10.5. The molecule has 1 aromatic heterocycles. The van der Waals surface area contributed by atoms with Gasteiger partial charge in [-0.2, -0.15) is 0 Å². The third-order valence-corrected chi connectivity index (χ3v) is 6.47. The number of pyridine rings is 1. The summed E-state index contributed by atoms with van der Waals surface area (Å²) in [5.74, 6) is 0.335. The summed E-state index contributed by atoms with van der Waals surface area (Å²) in [7, 11) is 2.15. The van der Waals surface area contributed by atoms with Crippen LogP contribution in [0.3, 0.4) is 0 Å². The molecule has 0 atom stereocenters. The van der Waals surface area contributed by atoms with E-state index in [-0.39, 0.29) is 0 Å². The highest BCUT2D eigenvalue weighted by Gasteiger charge is 2.16. The molecule has 164 valence electrons. The monoisotopic (exact) mass is 446 g/mol. The molecule has 5 rings (SSSR count). The van der Waals surface area contributed by atoms with Crippen molar-refractivity contribution >= 4 is 44.8 Å². The van der Waals surface area contributed by atoms with Gasteiger partial charge in [-0.25, -0.2) is 4.98 Å². The lowest BCUT2D eigenvalue weighted by Crippen LogP contribution is -2.43. The quantitative estimate of drug-likeness (QED) is 0.318. The Labute approximate surface area is 193 Å². The molecule has 6 heteroatoms. The lowest BCUT2D eigenvalue weighted by molar-refractivity contribution is 0.147. The van der Waals surface area contributed by atoms with Crippen molar-refractivity contribution < 1.29 is 5.11 Å². The number of nitrogens with one attached hydrogen (secondary N) is 1. The highest BCUT2D eigenvalue weighted by Crippen LogP contribution is 2.35. The Balaban J connectivity index is 1.54. The van der Waals surface area contributed by atoms with Crippen LogP contribution in [-0.2, 0) is 6.54 Å². The minimum absolute atomic E-state index is 0.335. The van der Waals surface area contributed by atoms with E-state index in [9.17, 15) is 5.11 Å². The molecule has 32 heavy (non-hydrogen) atoms. The minimum atomic E-state index is 0.335. The van der Waals surface area contributed by atoms with Gasteiger partial charge in [-0.05, 0) is 62.5 Å². The molecule has 1 saturated heterocycles. The SMILES string of the molecule is Cc1ccc2nc3cc(Cl)ccc3c(Nc3ccc(O)c(CN4CCN(C)CC4)c3)c2c1. The van der Waals surface area contributed by atoms with E-state index in [0.29, 0.717) is 10.8 Å². The fourth-order valence-electron chi connectivity index (χ4n) is 4.35. The largest absolute Gasteiger partial charge is 0.508 e. The lowest BCUT2D eigenvalue weighted by Gasteiger charge is -2.32. The van der Waals surface area contributed by atoms with Crippen LogP contribution in [0.2, 0.25) is 5.02 Å². The Morgan fingerprint density at radius 3 is 2.56 bits per heavy atom. The molecule has 4 aromatic rings. The summed E-state index contributed by atoms with van der Waals surface area (Å²) in [5, 5.41) is 16.9. The van der Waals surface area contributed by atoms with Gasteiger partial charge in [-0.3, -0.25) is 4.90 Å². The predicted molar refractivity (Wildman–Crippen MR) is 133 cm³/mol. The number of hydrogen-bond acceptors (Lipinski definition) is 5. The molecule has 0 unspecified atom stereocenters. The number of aromatic nitrogens is 1. The standard InChI is InChI=1S/C26H27ClN4O/c1-17-3-7-23-22(13-17)26(21-6-4-19(27)15-24(21)29-23)28-20-5-8-25(32)18(14-20)16-31-11-9-30(2)10-12-31/h3-8,13-15,32H,9-12,16H2,1-2H3,(H,28,29). The summed E-state index contributed by atoms with van der Waals surface area (Å²) in [6, 6.07) is 17.8. The second-order valence-corrected chi connectivity index (χ2v) is 9.15. The molecule has 2 heterocycles. The molecular weight excluding hydrogens is 420 g/mol. The highest BCUT2D eigenvalue weighted by atomic mass is 35.5. The Morgan fingerprint density at radius 2 is 1.75 bits per heavy atom. The van der Waals surface area contributed by atoms with E-state index in [1.807, 2.05) is 30.3 Å². The fraction of sp³-hybridized carbons (Fsp3) is 0.269. The van der Waals surface area contributed by atoms with E-state index < -0.39 is 0 Å². The van der Waals surface area contributed by atoms with Crippen LogP contribution in [0.1, 0.15) is 11.1 Å². The average Bonchev–Trinajstić information content (AvgIpc) is 2.77. The summed E-state index contributed by atoms with van der Waals surface area (Å²) in [6.07, 6.45) is 0. The Bertz CT molecular complexity index is 1300. The Hall–Kier alpha value is -2.86. The number of nitrogens with zero attached hydrogens (tertiary/aromatic N) is 3. The third kappa shape index (κ3) is 4.24. The summed E-state index contributed by atoms with van der Waals surface area (Å²) in [5.41, 5.74) is 5.83. The maximum absolute atomic E-state index is 10.5. The molecule has 0 spiro atoms. The molecule has 0 bridgehead atoms. The maximum Gasteiger partial charge on any atom is 0.120 e. The zero-order valence-corrected chi connectivity index (χ0v) is 19.2. The van der Waals surface area contributed by atoms with Crippen molar-refractivity contribution in [2.45, 2.75) is 13.5 Å². The molecule has 0 amide bonds. The molecule has 0 radical (unpaired) electrons. The molecule has 3 aromatic carbocycles. The summed E-state index contributed by atoms with van der Waals surface area (Å²) < 4.78 is 0. The number of rotatable bonds is 4. The van der Waals surface area contributed by atoms with Crippen molar-refractivity contribution in [2.24, 2.45) is 0 Å². The van der Waals surface area contributed by atoms with Crippen molar-refractivity contribution in [2.75, 3.05) is 38.5 Å². The smallest absolute Gasteiger partial charge is 0.120 e. The van der Waals surface area contributed by atoms with Crippen LogP contribution < -0.4 is 5.32 Å². The average molecular weight is 447 g/mol. The Morgan fingerprint density at radius 1 is 0.938 bits per heavy atom. The first-order chi connectivity index (χ1) is 15.5. The van der Waals surface area contributed by atoms with Crippen LogP contribution in [0.25, 0.3) is 21.8 Å². The number of halogens is 1. The van der Waals surface area contributed by atoms with Gasteiger partial charge in [0.1, 0.15) is 5.75 Å². The lowest BCUT2D eigenvalue weighted by atomic mass is 10.0. The predicted octanol–water partition coefficient (Wildman–Crippen LogP) is 5.55. The number of aryl methyl sites for hydroxylation is 1. The second-order valence-electron chi connectivity index (χ2n) is 8.72. The van der Waals surface area contributed by atoms with Crippen molar-refractivity contribution in [3.05, 3.63) is 70.7 Å². The third-order valence-electron chi connectivity index (χ3n) is 6.23. The number of benzene rings is 3. The summed E-state index contributed by atoms with van der Waals surface area (Å²) >= 11 is 6.25. The van der Waals surface area contributed by atoms with E-state index in [4.69, 9.17) is 16.6 Å². The molecule has 1 fully saturated rings. The zero-order chi connectivity index (χ0) is 22.2. The van der Waals surface area contributed by atoms with Gasteiger partial charge in [-0.15, -0.1) is 0 Å². The van der Waals surface area contributed by atoms with Gasteiger partial charge in [0.2, 0.25) is 0 Å². The number of piperazine rings is 1. The Kier molecular flexibility index (Phi) is 5.64. The van der Waals surface area contributed by atoms with Crippen LogP contribution in [0, 0.1) is 6.92 Å². The number of likely N-dealkylation sites (N-methyl/N-ethyl adjacent to an activating group) is 1. The van der Waals surface area contributed by atoms with Crippen molar-refractivity contribution in [3.8, 4) is 5.75 Å². The van der Waals surface area contributed by atoms with Crippen molar-refractivity contribution in [1.82, 2.24) is 14.8 Å². The van der Waals surface area contributed by atoms with E-state index in [0.717, 1.165) is 71.5 Å². The van der Waals surface area contributed by atoms with E-state index in [2.05, 4.69) is 47.3 Å². The molecule has 0 saturated carbocycles. The van der Waals surface area contributed by atoms with Crippen molar-refractivity contribution in [3.63, 3.8) is 0 Å². The van der Waals surface area contributed by atoms with Gasteiger partial charge >= 0.3 is 0 Å². The van der Waals surface area contributed by atoms with Gasteiger partial charge in [0.25, 0.3) is 0 Å². The number of fused-ring (bicyclic) bond motifs is 2. The van der Waals surface area contributed by atoms with Crippen LogP contribution in [0.5, 0.6) is 5.75 Å². The zero-order valence-electron chi connectivity index (χ0n) is 18.4. The van der Waals surface area contributed by atoms with Gasteiger partial charge in [-0.1, -0.05) is 23.2 Å². The number of aromatic hydroxyl groups is 1. The van der Waals surface area contributed by atoms with Gasteiger partial charge in [0.05, 0.1) is 16.7 Å². The minimum Gasteiger partial charge on any atom is -0.508 e. The first-order valence-corrected chi connectivity index (χ1v) is 11.3. The van der Waals surface area contributed by atoms with Gasteiger partial charge in [0, 0.05) is 59.8 Å². The molecular formula is C26H27ClN4O. The van der Waals surface area contributed by atoms with E-state index in [1.165, 1.54) is 5.56 Å². The number of phenolic OH excluding ortho intramolecular Hbond substituents is 1. The van der Waals surface area contributed by atoms with E-state index >= 15 is 0 Å². The number of phenols is 1. The van der Waals surface area contributed by atoms with Crippen LogP contribution in [0.4, 0.5) is 11.4 Å². The number of hydrogen-bond donors (Lipinski definition) is 2. The van der Waals surface area contributed by atoms with E-state index in [1.54, 1.807) is 6.07 Å². The fourth-order valence-corrected chi connectivity index (χ4v) is 4.51. The summed E-state index contributed by atoms with van der Waals surface area (Å²) in [6.45, 7) is 6.94. The second kappa shape index (κ2) is 8.58. The molecule has 2 N–H and O–H groups in total. The van der Waals surface area contributed by atoms with Gasteiger partial charge < -0.3 is 15.3 Å². The van der Waals surface area contributed by atoms with Crippen LogP contribution >= 0.6 is 11.6 Å².